The van der Waals surface area contributed by atoms with Gasteiger partial charge in [0.2, 0.25) is 0 Å². The Balaban J connectivity index is 0.000000365. The minimum Gasteiger partial charge on any atom is -0.508 e. The topological polar surface area (TPSA) is 32.8 Å². The summed E-state index contributed by atoms with van der Waals surface area (Å²) in [7, 11) is 0. The maximum absolute atomic E-state index is 9.47. The average molecular weight is 222 g/mol. The molecule has 2 rings (SSSR count). The van der Waals surface area contributed by atoms with Gasteiger partial charge in [0.1, 0.15) is 5.75 Å². The molecule has 0 bridgehead atoms. The fraction of sp³-hybridized carbons (Fsp3) is 0.571. The van der Waals surface area contributed by atoms with E-state index in [0.29, 0.717) is 5.75 Å². The van der Waals surface area contributed by atoms with Crippen molar-refractivity contribution in [2.45, 2.75) is 39.0 Å². The molecule has 0 unspecified atom stereocenters. The molecule has 1 aliphatic rings. The Hall–Kier alpha value is -1.02. The summed E-state index contributed by atoms with van der Waals surface area (Å²) in [5.41, 5.74) is 1.08. The van der Waals surface area contributed by atoms with E-state index in [4.69, 9.17) is 0 Å². The second-order valence-electron chi connectivity index (χ2n) is 4.05. The standard InChI is InChI=1S/C12H18O.C2H4O/c1-2-3-4-5-8-11-9-6-7-10-12(11)13;1-2-3-1/h6-7,9-10,13H,2-5,8H2,1H3;1-2H2. The van der Waals surface area contributed by atoms with Crippen LogP contribution < -0.4 is 0 Å². The quantitative estimate of drug-likeness (QED) is 0.610. The maximum Gasteiger partial charge on any atom is 0.118 e. The first-order chi connectivity index (χ1) is 7.84. The van der Waals surface area contributed by atoms with E-state index in [1.165, 1.54) is 25.7 Å². The Labute approximate surface area is 98.3 Å². The molecular formula is C14H22O2. The number of aryl methyl sites for hydroxylation is 1. The van der Waals surface area contributed by atoms with Crippen molar-refractivity contribution in [2.75, 3.05) is 13.2 Å². The van der Waals surface area contributed by atoms with E-state index in [-0.39, 0.29) is 0 Å². The zero-order chi connectivity index (χ0) is 11.6. The number of epoxide rings is 1. The number of rotatable bonds is 5. The Bertz CT molecular complexity index is 279. The van der Waals surface area contributed by atoms with Crippen molar-refractivity contribution in [1.29, 1.82) is 0 Å². The predicted octanol–water partition coefficient (Wildman–Crippen LogP) is 3.53. The monoisotopic (exact) mass is 222 g/mol. The van der Waals surface area contributed by atoms with Gasteiger partial charge >= 0.3 is 0 Å². The predicted molar refractivity (Wildman–Crippen MR) is 66.8 cm³/mol. The number of hydrogen-bond acceptors (Lipinski definition) is 2. The molecule has 0 aromatic heterocycles. The number of ether oxygens (including phenoxy) is 1. The van der Waals surface area contributed by atoms with Gasteiger partial charge in [-0.1, -0.05) is 44.4 Å². The van der Waals surface area contributed by atoms with E-state index in [1.807, 2.05) is 18.2 Å². The number of phenolic OH excluding ortho intramolecular Hbond substituents is 1. The molecular weight excluding hydrogens is 200 g/mol. The lowest BCUT2D eigenvalue weighted by Crippen LogP contribution is -1.86. The number of unbranched alkanes of at least 4 members (excludes halogenated alkanes) is 3. The first kappa shape index (κ1) is 13.0. The smallest absolute Gasteiger partial charge is 0.118 e. The molecule has 1 saturated heterocycles. The van der Waals surface area contributed by atoms with Crippen LogP contribution in [-0.4, -0.2) is 18.3 Å². The van der Waals surface area contributed by atoms with Crippen molar-refractivity contribution >= 4 is 0 Å². The third kappa shape index (κ3) is 6.46. The molecule has 1 aromatic carbocycles. The number of aromatic hydroxyl groups is 1. The third-order valence-corrected chi connectivity index (χ3v) is 2.50. The number of phenols is 1. The van der Waals surface area contributed by atoms with Crippen molar-refractivity contribution in [1.82, 2.24) is 0 Å². The van der Waals surface area contributed by atoms with Gasteiger partial charge in [0.25, 0.3) is 0 Å². The number of benzene rings is 1. The fourth-order valence-corrected chi connectivity index (χ4v) is 1.46. The molecule has 1 heterocycles. The van der Waals surface area contributed by atoms with Gasteiger partial charge < -0.3 is 9.84 Å². The van der Waals surface area contributed by atoms with E-state index in [1.54, 1.807) is 6.07 Å². The number of hydrogen-bond donors (Lipinski definition) is 1. The molecule has 0 radical (unpaired) electrons. The van der Waals surface area contributed by atoms with Gasteiger partial charge in [-0.05, 0) is 24.5 Å². The first-order valence-corrected chi connectivity index (χ1v) is 6.19. The Morgan fingerprint density at radius 2 is 1.81 bits per heavy atom. The van der Waals surface area contributed by atoms with Crippen LogP contribution in [0.4, 0.5) is 0 Å². The van der Waals surface area contributed by atoms with Gasteiger partial charge in [-0.15, -0.1) is 0 Å². The molecule has 0 saturated carbocycles. The summed E-state index contributed by atoms with van der Waals surface area (Å²) in [4.78, 5) is 0. The molecule has 0 aliphatic carbocycles. The van der Waals surface area contributed by atoms with Crippen molar-refractivity contribution in [3.63, 3.8) is 0 Å². The minimum atomic E-state index is 0.444. The van der Waals surface area contributed by atoms with E-state index in [0.717, 1.165) is 25.2 Å². The lowest BCUT2D eigenvalue weighted by atomic mass is 10.1. The molecule has 1 fully saturated rings. The first-order valence-electron chi connectivity index (χ1n) is 6.19. The highest BCUT2D eigenvalue weighted by Gasteiger charge is 1.98. The summed E-state index contributed by atoms with van der Waals surface area (Å²) in [5, 5.41) is 9.47. The van der Waals surface area contributed by atoms with Crippen molar-refractivity contribution in [3.05, 3.63) is 29.8 Å². The van der Waals surface area contributed by atoms with Crippen LogP contribution in [0.25, 0.3) is 0 Å². The van der Waals surface area contributed by atoms with E-state index in [9.17, 15) is 5.11 Å². The summed E-state index contributed by atoms with van der Waals surface area (Å²) < 4.78 is 4.50. The molecule has 0 atom stereocenters. The average Bonchev–Trinajstić information content (AvgIpc) is 3.14. The molecule has 1 N–H and O–H groups in total. The second-order valence-corrected chi connectivity index (χ2v) is 4.05. The SMILES string of the molecule is C1CO1.CCCCCCc1ccccc1O. The molecule has 0 spiro atoms. The van der Waals surface area contributed by atoms with Gasteiger partial charge in [-0.25, -0.2) is 0 Å². The van der Waals surface area contributed by atoms with Crippen LogP contribution in [0.1, 0.15) is 38.2 Å². The van der Waals surface area contributed by atoms with Crippen molar-refractivity contribution < 1.29 is 9.84 Å². The van der Waals surface area contributed by atoms with Crippen LogP contribution in [0.5, 0.6) is 5.75 Å². The maximum atomic E-state index is 9.47. The van der Waals surface area contributed by atoms with Crippen molar-refractivity contribution in [3.8, 4) is 5.75 Å². The van der Waals surface area contributed by atoms with Crippen LogP contribution in [0, 0.1) is 0 Å². The summed E-state index contributed by atoms with van der Waals surface area (Å²) in [6, 6.07) is 7.61. The highest BCUT2D eigenvalue weighted by molar-refractivity contribution is 5.31. The van der Waals surface area contributed by atoms with Crippen LogP contribution in [-0.2, 0) is 11.2 Å². The van der Waals surface area contributed by atoms with Crippen LogP contribution in [0.15, 0.2) is 24.3 Å². The van der Waals surface area contributed by atoms with E-state index in [2.05, 4.69) is 11.7 Å². The van der Waals surface area contributed by atoms with Crippen LogP contribution >= 0.6 is 0 Å². The van der Waals surface area contributed by atoms with Gasteiger partial charge in [0.05, 0.1) is 13.2 Å². The Kier molecular flexibility index (Phi) is 6.66. The van der Waals surface area contributed by atoms with Crippen LogP contribution in [0.3, 0.4) is 0 Å². The second kappa shape index (κ2) is 8.17. The summed E-state index contributed by atoms with van der Waals surface area (Å²) in [6.45, 7) is 4.21. The van der Waals surface area contributed by atoms with Crippen LogP contribution in [0.2, 0.25) is 0 Å². The Morgan fingerprint density at radius 1 is 1.12 bits per heavy atom. The molecule has 0 amide bonds. The lowest BCUT2D eigenvalue weighted by Gasteiger charge is -2.03. The van der Waals surface area contributed by atoms with Gasteiger partial charge in [-0.3, -0.25) is 0 Å². The zero-order valence-corrected chi connectivity index (χ0v) is 10.1. The largest absolute Gasteiger partial charge is 0.508 e. The van der Waals surface area contributed by atoms with Gasteiger partial charge in [0, 0.05) is 0 Å². The summed E-state index contributed by atoms with van der Waals surface area (Å²) in [6.07, 6.45) is 6.03. The lowest BCUT2D eigenvalue weighted by molar-refractivity contribution is 0.466. The van der Waals surface area contributed by atoms with Gasteiger partial charge in [0.15, 0.2) is 0 Å². The fourth-order valence-electron chi connectivity index (χ4n) is 1.46. The van der Waals surface area contributed by atoms with E-state index < -0.39 is 0 Å². The van der Waals surface area contributed by atoms with Crippen molar-refractivity contribution in [2.24, 2.45) is 0 Å². The molecule has 1 aromatic rings. The molecule has 2 nitrogen and oxygen atoms in total. The molecule has 16 heavy (non-hydrogen) atoms. The highest BCUT2D eigenvalue weighted by Crippen LogP contribution is 2.18. The normalized spacial score (nSPS) is 12.8. The molecule has 1 aliphatic heterocycles. The summed E-state index contributed by atoms with van der Waals surface area (Å²) in [5.74, 6) is 0.444. The summed E-state index contributed by atoms with van der Waals surface area (Å²) >= 11 is 0. The molecule has 90 valence electrons. The highest BCUT2D eigenvalue weighted by atomic mass is 16.6. The minimum absolute atomic E-state index is 0.444. The Morgan fingerprint density at radius 3 is 2.38 bits per heavy atom. The van der Waals surface area contributed by atoms with E-state index >= 15 is 0 Å². The number of para-hydroxylation sites is 1. The van der Waals surface area contributed by atoms with Gasteiger partial charge in [-0.2, -0.15) is 0 Å². The molecule has 2 heteroatoms. The third-order valence-electron chi connectivity index (χ3n) is 2.50. The zero-order valence-electron chi connectivity index (χ0n) is 10.1.